The van der Waals surface area contributed by atoms with E-state index in [1.807, 2.05) is 0 Å². The van der Waals surface area contributed by atoms with Gasteiger partial charge >= 0.3 is 0 Å². The maximum atomic E-state index is 13.2. The first-order valence-electron chi connectivity index (χ1n) is 12.4. The first kappa shape index (κ1) is 22.7. The largest absolute Gasteiger partial charge is 0.301 e. The third-order valence-electron chi connectivity index (χ3n) is 8.28. The lowest BCUT2D eigenvalue weighted by molar-refractivity contribution is 0.0990. The summed E-state index contributed by atoms with van der Waals surface area (Å²) in [4.78, 5) is 29.6. The number of Topliss-reactive ketones (excluding diaryl/α,β-unsaturated/α-hetero) is 2. The molecule has 0 bridgehead atoms. The second-order valence-corrected chi connectivity index (χ2v) is 12.6. The molecule has 3 nitrogen and oxygen atoms in total. The molecule has 1 aliphatic carbocycles. The van der Waals surface area contributed by atoms with Crippen LogP contribution in [0.2, 0.25) is 5.02 Å². The van der Waals surface area contributed by atoms with E-state index in [2.05, 4.69) is 81.1 Å². The summed E-state index contributed by atoms with van der Waals surface area (Å²) in [6.07, 6.45) is 1.77. The van der Waals surface area contributed by atoms with Gasteiger partial charge < -0.3 is 4.90 Å². The maximum Gasteiger partial charge on any atom is 0.197 e. The van der Waals surface area contributed by atoms with Crippen LogP contribution in [-0.2, 0) is 10.8 Å². The molecule has 2 aliphatic heterocycles. The quantitative estimate of drug-likeness (QED) is 0.186. The summed E-state index contributed by atoms with van der Waals surface area (Å²) in [6, 6.07) is 22.3. The Hall–Kier alpha value is -3.47. The second-order valence-electron chi connectivity index (χ2n) is 11.1. The van der Waals surface area contributed by atoms with E-state index in [1.54, 1.807) is 35.6 Å². The van der Waals surface area contributed by atoms with Crippen molar-refractivity contribution in [2.24, 2.45) is 0 Å². The van der Waals surface area contributed by atoms with Crippen molar-refractivity contribution in [3.05, 3.63) is 116 Å². The molecule has 4 aromatic rings. The number of anilines is 3. The number of allylic oxidation sites excluding steroid dienone is 1. The Morgan fingerprint density at radius 1 is 0.757 bits per heavy atom. The molecule has 182 valence electrons. The predicted molar refractivity (Wildman–Crippen MR) is 151 cm³/mol. The third kappa shape index (κ3) is 2.88. The molecule has 37 heavy (non-hydrogen) atoms. The van der Waals surface area contributed by atoms with Crippen molar-refractivity contribution in [2.75, 3.05) is 4.90 Å². The molecule has 0 amide bonds. The molecule has 5 heteroatoms. The minimum atomic E-state index is -0.260. The molecular weight excluding hydrogens is 498 g/mol. The van der Waals surface area contributed by atoms with Crippen molar-refractivity contribution < 1.29 is 9.59 Å². The number of carbonyl (C=O) groups is 2. The van der Waals surface area contributed by atoms with E-state index in [-0.39, 0.29) is 28.0 Å². The molecule has 7 rings (SSSR count). The molecule has 0 unspecified atom stereocenters. The zero-order valence-corrected chi connectivity index (χ0v) is 22.6. The fraction of sp³-hybridized carbons (Fsp3) is 0.188. The van der Waals surface area contributed by atoms with Crippen LogP contribution >= 0.6 is 22.9 Å². The molecule has 0 atom stereocenters. The molecule has 0 spiro atoms. The molecule has 0 fully saturated rings. The molecule has 1 aromatic heterocycles. The lowest BCUT2D eigenvalue weighted by atomic mass is 9.67. The van der Waals surface area contributed by atoms with Gasteiger partial charge in [0, 0.05) is 31.9 Å². The van der Waals surface area contributed by atoms with Crippen LogP contribution in [0.3, 0.4) is 0 Å². The number of rotatable bonds is 1. The van der Waals surface area contributed by atoms with Gasteiger partial charge in [0.15, 0.2) is 11.6 Å². The maximum absolute atomic E-state index is 13.2. The number of benzene rings is 3. The average molecular weight is 522 g/mol. The van der Waals surface area contributed by atoms with Gasteiger partial charge in [-0.1, -0.05) is 75.7 Å². The van der Waals surface area contributed by atoms with Crippen LogP contribution in [0.15, 0.2) is 72.3 Å². The molecule has 0 radical (unpaired) electrons. The van der Waals surface area contributed by atoms with Gasteiger partial charge in [-0.2, -0.15) is 0 Å². The monoisotopic (exact) mass is 521 g/mol. The van der Waals surface area contributed by atoms with Crippen molar-refractivity contribution in [1.82, 2.24) is 0 Å². The van der Waals surface area contributed by atoms with Crippen LogP contribution in [0.4, 0.5) is 16.4 Å². The van der Waals surface area contributed by atoms with Gasteiger partial charge in [0.2, 0.25) is 0 Å². The fourth-order valence-corrected chi connectivity index (χ4v) is 7.72. The highest BCUT2D eigenvalue weighted by Gasteiger charge is 2.46. The number of thiophene rings is 1. The van der Waals surface area contributed by atoms with Gasteiger partial charge in [-0.05, 0) is 58.7 Å². The van der Waals surface area contributed by atoms with E-state index in [1.165, 1.54) is 33.6 Å². The zero-order valence-electron chi connectivity index (χ0n) is 21.0. The summed E-state index contributed by atoms with van der Waals surface area (Å²) in [5, 5.41) is 1.59. The van der Waals surface area contributed by atoms with Crippen LogP contribution in [0.25, 0.3) is 6.08 Å². The number of para-hydroxylation sites is 2. The van der Waals surface area contributed by atoms with E-state index >= 15 is 0 Å². The van der Waals surface area contributed by atoms with E-state index in [9.17, 15) is 9.59 Å². The van der Waals surface area contributed by atoms with Gasteiger partial charge in [-0.25, -0.2) is 0 Å². The number of fused-ring (bicyclic) bond motifs is 5. The Morgan fingerprint density at radius 2 is 1.41 bits per heavy atom. The molecule has 3 heterocycles. The van der Waals surface area contributed by atoms with Gasteiger partial charge in [0.25, 0.3) is 0 Å². The number of nitrogens with zero attached hydrogens (tertiary/aromatic N) is 1. The van der Waals surface area contributed by atoms with Gasteiger partial charge in [0.05, 0.1) is 16.9 Å². The fourth-order valence-electron chi connectivity index (χ4n) is 6.27. The van der Waals surface area contributed by atoms with E-state index in [0.29, 0.717) is 16.1 Å². The van der Waals surface area contributed by atoms with Crippen LogP contribution in [0.1, 0.15) is 75.5 Å². The Kier molecular flexibility index (Phi) is 4.48. The Labute approximate surface area is 225 Å². The normalized spacial score (nSPS) is 18.9. The molecule has 0 N–H and O–H groups in total. The van der Waals surface area contributed by atoms with Crippen molar-refractivity contribution in [1.29, 1.82) is 0 Å². The summed E-state index contributed by atoms with van der Waals surface area (Å²) in [7, 11) is 0. The van der Waals surface area contributed by atoms with E-state index < -0.39 is 0 Å². The lowest BCUT2D eigenvalue weighted by Gasteiger charge is -2.48. The van der Waals surface area contributed by atoms with Crippen molar-refractivity contribution in [3.8, 4) is 0 Å². The van der Waals surface area contributed by atoms with E-state index in [4.69, 9.17) is 11.6 Å². The topological polar surface area (TPSA) is 37.4 Å². The highest BCUT2D eigenvalue weighted by molar-refractivity contribution is 7.17. The molecule has 3 aliphatic rings. The number of hydrogen-bond donors (Lipinski definition) is 0. The summed E-state index contributed by atoms with van der Waals surface area (Å²) in [5.74, 6) is -0.498. The lowest BCUT2D eigenvalue weighted by Crippen LogP contribution is -2.37. The summed E-state index contributed by atoms with van der Waals surface area (Å²) >= 11 is 7.75. The highest BCUT2D eigenvalue weighted by Crippen LogP contribution is 2.61. The SMILES string of the molecule is CC1(C)c2ccccc2N2c3sc(/C=C4/C(=O)c5ccc(Cl)cc5C4=O)cc3C(C)(C)c3cccc1c32. The number of halogens is 1. The number of ketones is 2. The highest BCUT2D eigenvalue weighted by atomic mass is 35.5. The van der Waals surface area contributed by atoms with Crippen molar-refractivity contribution in [3.63, 3.8) is 0 Å². The van der Waals surface area contributed by atoms with Gasteiger partial charge in [0.1, 0.15) is 5.00 Å². The van der Waals surface area contributed by atoms with Crippen molar-refractivity contribution in [2.45, 2.75) is 38.5 Å². The Balaban J connectivity index is 1.45. The van der Waals surface area contributed by atoms with Crippen molar-refractivity contribution >= 4 is 57.0 Å². The second kappa shape index (κ2) is 7.31. The molecule has 0 saturated carbocycles. The van der Waals surface area contributed by atoms with Crippen LogP contribution in [-0.4, -0.2) is 11.6 Å². The Morgan fingerprint density at radius 3 is 2.16 bits per heavy atom. The van der Waals surface area contributed by atoms with Crippen LogP contribution in [0, 0.1) is 0 Å². The van der Waals surface area contributed by atoms with Gasteiger partial charge in [-0.3, -0.25) is 9.59 Å². The first-order valence-corrected chi connectivity index (χ1v) is 13.6. The summed E-state index contributed by atoms with van der Waals surface area (Å²) in [5.41, 5.74) is 8.13. The van der Waals surface area contributed by atoms with Gasteiger partial charge in [-0.15, -0.1) is 11.3 Å². The minimum Gasteiger partial charge on any atom is -0.301 e. The van der Waals surface area contributed by atoms with Crippen LogP contribution in [0.5, 0.6) is 0 Å². The zero-order chi connectivity index (χ0) is 25.9. The minimum absolute atomic E-state index is 0.135. The van der Waals surface area contributed by atoms with Crippen LogP contribution < -0.4 is 4.90 Å². The molecule has 0 saturated heterocycles. The number of hydrogen-bond acceptors (Lipinski definition) is 4. The van der Waals surface area contributed by atoms with E-state index in [0.717, 1.165) is 9.88 Å². The molecule has 3 aromatic carbocycles. The third-order valence-corrected chi connectivity index (χ3v) is 9.58. The first-order chi connectivity index (χ1) is 17.6. The molecular formula is C32H24ClNO2S. The summed E-state index contributed by atoms with van der Waals surface area (Å²) in [6.45, 7) is 9.12. The number of carbonyl (C=O) groups excluding carboxylic acids is 2. The standard InChI is InChI=1S/C32H24ClNO2S/c1-31(2)22-8-5-6-11-26(22)34-27-23(31)9-7-10-24(27)32(3,4)25-16-18(37-30(25)34)15-21-28(35)19-13-12-17(33)14-20(19)29(21)36/h5-16H,1-4H3/b21-15-. The predicted octanol–water partition coefficient (Wildman–Crippen LogP) is 8.61. The Bertz CT molecular complexity index is 1740. The summed E-state index contributed by atoms with van der Waals surface area (Å²) < 4.78 is 0. The average Bonchev–Trinajstić information content (AvgIpc) is 3.39. The smallest absolute Gasteiger partial charge is 0.197 e.